The molecular weight excluding hydrogens is 386 g/mol. The quantitative estimate of drug-likeness (QED) is 0.416. The van der Waals surface area contributed by atoms with Crippen LogP contribution in [0.5, 0.6) is 0 Å². The fraction of sp³-hybridized carbons (Fsp3) is 0.389. The van der Waals surface area contributed by atoms with E-state index in [9.17, 15) is 19.2 Å². The van der Waals surface area contributed by atoms with Crippen LogP contribution in [-0.2, 0) is 20.9 Å². The standard InChI is InChI=1S/C18H19N3O6S/c22-13(2-1-3-14(23)24)19-15-16(25)21-9-11(10-28-17(15)21)8-20-6-4-12(5-7-20)18(26)27/h4-7,9,15,17H,1-3,8,10H2,(H2-,19,22,23,24,26,27)/p+1/t15?,17-/m1/s1. The summed E-state index contributed by atoms with van der Waals surface area (Å²) in [5, 5.41) is 20.1. The third-order valence-electron chi connectivity index (χ3n) is 4.48. The molecule has 0 aromatic carbocycles. The van der Waals surface area contributed by atoms with Crippen molar-refractivity contribution in [1.82, 2.24) is 10.2 Å². The van der Waals surface area contributed by atoms with E-state index in [-0.39, 0.29) is 42.0 Å². The van der Waals surface area contributed by atoms with Crippen LogP contribution in [0.4, 0.5) is 0 Å². The van der Waals surface area contributed by atoms with Gasteiger partial charge < -0.3 is 20.4 Å². The molecule has 0 radical (unpaired) electrons. The normalized spacial score (nSPS) is 20.6. The lowest BCUT2D eigenvalue weighted by Gasteiger charge is -2.47. The second kappa shape index (κ2) is 8.42. The number of carboxylic acid groups (broad SMARTS) is 2. The summed E-state index contributed by atoms with van der Waals surface area (Å²) in [6, 6.07) is 2.46. The van der Waals surface area contributed by atoms with E-state index in [1.54, 1.807) is 35.3 Å². The van der Waals surface area contributed by atoms with Crippen molar-refractivity contribution >= 4 is 35.5 Å². The molecule has 0 saturated carbocycles. The van der Waals surface area contributed by atoms with Crippen LogP contribution in [0.1, 0.15) is 29.6 Å². The first-order valence-electron chi connectivity index (χ1n) is 8.72. The first-order valence-corrected chi connectivity index (χ1v) is 9.77. The molecule has 3 heterocycles. The van der Waals surface area contributed by atoms with E-state index < -0.39 is 18.0 Å². The van der Waals surface area contributed by atoms with Gasteiger partial charge in [-0.25, -0.2) is 9.36 Å². The molecule has 3 rings (SSSR count). The summed E-state index contributed by atoms with van der Waals surface area (Å²) in [5.41, 5.74) is 1.22. The molecule has 2 amide bonds. The molecule has 2 atom stereocenters. The molecule has 1 aromatic heterocycles. The molecule has 1 fully saturated rings. The predicted octanol–water partition coefficient (Wildman–Crippen LogP) is 0.211. The van der Waals surface area contributed by atoms with Crippen molar-refractivity contribution in [2.24, 2.45) is 0 Å². The maximum Gasteiger partial charge on any atom is 0.336 e. The number of carbonyl (C=O) groups excluding carboxylic acids is 2. The largest absolute Gasteiger partial charge is 0.481 e. The van der Waals surface area contributed by atoms with Gasteiger partial charge in [-0.05, 0) is 6.42 Å². The molecule has 28 heavy (non-hydrogen) atoms. The zero-order valence-electron chi connectivity index (χ0n) is 14.9. The van der Waals surface area contributed by atoms with Crippen molar-refractivity contribution in [1.29, 1.82) is 0 Å². The fourth-order valence-electron chi connectivity index (χ4n) is 3.03. The minimum absolute atomic E-state index is 0.0758. The number of hydrogen-bond donors (Lipinski definition) is 3. The third-order valence-corrected chi connectivity index (χ3v) is 5.85. The smallest absolute Gasteiger partial charge is 0.336 e. The molecule has 1 unspecified atom stereocenters. The summed E-state index contributed by atoms with van der Waals surface area (Å²) >= 11 is 1.55. The summed E-state index contributed by atoms with van der Waals surface area (Å²) in [4.78, 5) is 47.2. The maximum absolute atomic E-state index is 12.3. The highest BCUT2D eigenvalue weighted by Gasteiger charge is 2.49. The van der Waals surface area contributed by atoms with Crippen LogP contribution in [0.2, 0.25) is 0 Å². The van der Waals surface area contributed by atoms with Gasteiger partial charge in [0.25, 0.3) is 5.91 Å². The topological polar surface area (TPSA) is 128 Å². The van der Waals surface area contributed by atoms with Crippen LogP contribution < -0.4 is 9.88 Å². The minimum atomic E-state index is -0.982. The third kappa shape index (κ3) is 4.50. The average molecular weight is 406 g/mol. The number of thioether (sulfide) groups is 1. The van der Waals surface area contributed by atoms with Crippen LogP contribution in [0.15, 0.2) is 36.3 Å². The monoisotopic (exact) mass is 406 g/mol. The fourth-order valence-corrected chi connectivity index (χ4v) is 4.28. The maximum atomic E-state index is 12.3. The van der Waals surface area contributed by atoms with Crippen molar-refractivity contribution in [2.75, 3.05) is 5.75 Å². The Balaban J connectivity index is 1.53. The van der Waals surface area contributed by atoms with E-state index in [2.05, 4.69) is 5.32 Å². The van der Waals surface area contributed by atoms with E-state index in [1.807, 2.05) is 4.57 Å². The Morgan fingerprint density at radius 3 is 2.57 bits per heavy atom. The molecule has 1 saturated heterocycles. The van der Waals surface area contributed by atoms with E-state index in [4.69, 9.17) is 10.2 Å². The molecule has 0 bridgehead atoms. The Bertz CT molecular complexity index is 838. The highest BCUT2D eigenvalue weighted by atomic mass is 32.2. The second-order valence-corrected chi connectivity index (χ2v) is 7.70. The van der Waals surface area contributed by atoms with E-state index >= 15 is 0 Å². The number of fused-ring (bicyclic) bond motifs is 1. The van der Waals surface area contributed by atoms with E-state index in [1.165, 1.54) is 12.1 Å². The number of hydrogen-bond acceptors (Lipinski definition) is 5. The van der Waals surface area contributed by atoms with Crippen LogP contribution in [-0.4, -0.2) is 56.0 Å². The molecule has 3 N–H and O–H groups in total. The molecule has 148 valence electrons. The minimum Gasteiger partial charge on any atom is -0.481 e. The van der Waals surface area contributed by atoms with Crippen LogP contribution >= 0.6 is 11.8 Å². The van der Waals surface area contributed by atoms with Crippen molar-refractivity contribution in [2.45, 2.75) is 37.2 Å². The Kier molecular flexibility index (Phi) is 5.98. The van der Waals surface area contributed by atoms with Gasteiger partial charge in [-0.3, -0.25) is 14.4 Å². The Morgan fingerprint density at radius 2 is 1.93 bits per heavy atom. The molecule has 10 heteroatoms. The molecule has 0 spiro atoms. The Labute approximate surface area is 165 Å². The van der Waals surface area contributed by atoms with Gasteiger partial charge in [-0.2, -0.15) is 0 Å². The molecule has 2 aliphatic rings. The van der Waals surface area contributed by atoms with Gasteiger partial charge in [-0.1, -0.05) is 0 Å². The molecular formula is C18H20N3O6S+. The summed E-state index contributed by atoms with van der Waals surface area (Å²) in [6.45, 7) is 0.537. The van der Waals surface area contributed by atoms with Crippen molar-refractivity contribution < 1.29 is 34.0 Å². The van der Waals surface area contributed by atoms with Gasteiger partial charge in [0, 0.05) is 42.5 Å². The lowest BCUT2D eigenvalue weighted by molar-refractivity contribution is -0.689. The number of aromatic carboxylic acids is 1. The summed E-state index contributed by atoms with van der Waals surface area (Å²) < 4.78 is 1.84. The second-order valence-electron chi connectivity index (χ2n) is 6.59. The van der Waals surface area contributed by atoms with Gasteiger partial charge in [0.05, 0.1) is 5.56 Å². The zero-order chi connectivity index (χ0) is 20.3. The van der Waals surface area contributed by atoms with Gasteiger partial charge >= 0.3 is 11.9 Å². The first-order chi connectivity index (χ1) is 13.3. The lowest BCUT2D eigenvalue weighted by Crippen LogP contribution is -2.68. The first kappa shape index (κ1) is 19.9. The molecule has 9 nitrogen and oxygen atoms in total. The number of aliphatic carboxylic acids is 1. The van der Waals surface area contributed by atoms with Gasteiger partial charge in [0.2, 0.25) is 5.91 Å². The van der Waals surface area contributed by atoms with Crippen LogP contribution in [0, 0.1) is 0 Å². The van der Waals surface area contributed by atoms with Gasteiger partial charge in [0.15, 0.2) is 18.9 Å². The molecule has 1 aromatic rings. The summed E-state index contributed by atoms with van der Waals surface area (Å²) in [7, 11) is 0. The average Bonchev–Trinajstić information content (AvgIpc) is 2.66. The highest BCUT2D eigenvalue weighted by Crippen LogP contribution is 2.36. The lowest BCUT2D eigenvalue weighted by atomic mass is 10.1. The number of pyridine rings is 1. The van der Waals surface area contributed by atoms with E-state index in [0.29, 0.717) is 12.3 Å². The van der Waals surface area contributed by atoms with Crippen molar-refractivity contribution in [3.63, 3.8) is 0 Å². The number of nitrogens with one attached hydrogen (secondary N) is 1. The molecule has 0 aliphatic carbocycles. The van der Waals surface area contributed by atoms with Crippen molar-refractivity contribution in [3.05, 3.63) is 41.9 Å². The number of carboxylic acids is 2. The van der Waals surface area contributed by atoms with Gasteiger partial charge in [-0.15, -0.1) is 11.8 Å². The number of β-lactam (4-membered cyclic amide) rings is 1. The van der Waals surface area contributed by atoms with Gasteiger partial charge in [0.1, 0.15) is 11.4 Å². The van der Waals surface area contributed by atoms with Crippen LogP contribution in [0.3, 0.4) is 0 Å². The SMILES string of the molecule is O=C(O)CCCC(=O)NC1C(=O)N2C=C(C[n+]3ccc(C(=O)O)cc3)CS[C@H]12. The van der Waals surface area contributed by atoms with Crippen molar-refractivity contribution in [3.8, 4) is 0 Å². The summed E-state index contributed by atoms with van der Waals surface area (Å²) in [6.07, 6.45) is 5.39. The number of nitrogens with zero attached hydrogens (tertiary/aromatic N) is 2. The zero-order valence-corrected chi connectivity index (χ0v) is 15.7. The molecule has 2 aliphatic heterocycles. The van der Waals surface area contributed by atoms with Crippen LogP contribution in [0.25, 0.3) is 0 Å². The summed E-state index contributed by atoms with van der Waals surface area (Å²) in [5.74, 6) is -1.75. The Hall–Kier alpha value is -2.88. The predicted molar refractivity (Wildman–Crippen MR) is 98.2 cm³/mol. The Morgan fingerprint density at radius 1 is 1.21 bits per heavy atom. The number of amides is 2. The highest BCUT2D eigenvalue weighted by molar-refractivity contribution is 8.00. The number of aromatic nitrogens is 1. The number of carbonyl (C=O) groups is 4. The number of rotatable bonds is 8. The van der Waals surface area contributed by atoms with E-state index in [0.717, 1.165) is 5.57 Å².